The van der Waals surface area contributed by atoms with Crippen molar-refractivity contribution in [1.29, 1.82) is 0 Å². The molecule has 2 aromatic rings. The summed E-state index contributed by atoms with van der Waals surface area (Å²) in [4.78, 5) is 11.9. The van der Waals surface area contributed by atoms with Crippen molar-refractivity contribution in [3.05, 3.63) is 71.8 Å². The summed E-state index contributed by atoms with van der Waals surface area (Å²) in [6.45, 7) is 3.72. The van der Waals surface area contributed by atoms with Crippen LogP contribution in [0.15, 0.2) is 60.7 Å². The summed E-state index contributed by atoms with van der Waals surface area (Å²) < 4.78 is 0. The van der Waals surface area contributed by atoms with Gasteiger partial charge in [0.2, 0.25) is 5.91 Å². The summed E-state index contributed by atoms with van der Waals surface area (Å²) in [5.74, 6) is -0.0190. The number of hydrogen-bond acceptors (Lipinski definition) is 2. The van der Waals surface area contributed by atoms with Gasteiger partial charge in [0, 0.05) is 12.0 Å². The second kappa shape index (κ2) is 8.57. The Labute approximate surface area is 138 Å². The summed E-state index contributed by atoms with van der Waals surface area (Å²) in [7, 11) is 0. The van der Waals surface area contributed by atoms with Gasteiger partial charge in [-0.2, -0.15) is 0 Å². The first-order valence-corrected chi connectivity index (χ1v) is 7.25. The molecule has 2 aromatic carbocycles. The second-order valence-corrected chi connectivity index (χ2v) is 5.38. The molecule has 0 saturated carbocycles. The first kappa shape index (κ1) is 18.2. The standard InChI is InChI=1S/C18H22N2O.ClH/c1-13(19)18(21)20-14(2)17(15-9-5-3-6-10-15)16-11-7-4-8-12-16;/h3-14,17H,19H2,1-2H3,(H,20,21);1H/t13-,14?;/m1./s1. The highest BCUT2D eigenvalue weighted by atomic mass is 35.5. The van der Waals surface area contributed by atoms with Gasteiger partial charge < -0.3 is 11.1 Å². The highest BCUT2D eigenvalue weighted by Gasteiger charge is 2.23. The Morgan fingerprint density at radius 1 is 0.909 bits per heavy atom. The lowest BCUT2D eigenvalue weighted by Crippen LogP contribution is -2.45. The van der Waals surface area contributed by atoms with E-state index in [1.165, 1.54) is 11.1 Å². The fourth-order valence-corrected chi connectivity index (χ4v) is 2.53. The van der Waals surface area contributed by atoms with E-state index in [1.54, 1.807) is 6.92 Å². The minimum Gasteiger partial charge on any atom is -0.351 e. The summed E-state index contributed by atoms with van der Waals surface area (Å²) in [6.07, 6.45) is 0. The molecule has 1 amide bonds. The number of rotatable bonds is 5. The SMILES string of the molecule is CC(NC(=O)[C@@H](C)N)C(c1ccccc1)c1ccccc1.Cl. The fourth-order valence-electron chi connectivity index (χ4n) is 2.53. The van der Waals surface area contributed by atoms with Crippen molar-refractivity contribution in [2.45, 2.75) is 31.8 Å². The number of hydrogen-bond donors (Lipinski definition) is 2. The molecular formula is C18H23ClN2O. The topological polar surface area (TPSA) is 55.1 Å². The first-order chi connectivity index (χ1) is 10.1. The van der Waals surface area contributed by atoms with Crippen molar-refractivity contribution in [1.82, 2.24) is 5.32 Å². The Morgan fingerprint density at radius 3 is 1.68 bits per heavy atom. The zero-order valence-corrected chi connectivity index (χ0v) is 13.7. The number of carbonyl (C=O) groups excluding carboxylic acids is 1. The zero-order valence-electron chi connectivity index (χ0n) is 12.9. The van der Waals surface area contributed by atoms with Gasteiger partial charge in [-0.1, -0.05) is 60.7 Å². The summed E-state index contributed by atoms with van der Waals surface area (Å²) >= 11 is 0. The van der Waals surface area contributed by atoms with Gasteiger partial charge in [-0.25, -0.2) is 0 Å². The van der Waals surface area contributed by atoms with Gasteiger partial charge in [-0.15, -0.1) is 12.4 Å². The molecule has 0 saturated heterocycles. The van der Waals surface area contributed by atoms with Gasteiger partial charge in [0.05, 0.1) is 6.04 Å². The first-order valence-electron chi connectivity index (χ1n) is 7.25. The molecule has 2 rings (SSSR count). The Kier molecular flexibility index (Phi) is 7.09. The molecule has 0 aliphatic carbocycles. The molecule has 22 heavy (non-hydrogen) atoms. The third-order valence-electron chi connectivity index (χ3n) is 3.60. The number of halogens is 1. The lowest BCUT2D eigenvalue weighted by atomic mass is 9.85. The summed E-state index contributed by atoms with van der Waals surface area (Å²) in [5, 5.41) is 3.01. The number of benzene rings is 2. The van der Waals surface area contributed by atoms with Crippen LogP contribution in [0.1, 0.15) is 30.9 Å². The van der Waals surface area contributed by atoms with E-state index in [0.29, 0.717) is 0 Å². The van der Waals surface area contributed by atoms with E-state index < -0.39 is 6.04 Å². The third kappa shape index (κ3) is 4.58. The highest BCUT2D eigenvalue weighted by molar-refractivity contribution is 5.85. The van der Waals surface area contributed by atoms with Crippen LogP contribution in [0.4, 0.5) is 0 Å². The number of nitrogens with one attached hydrogen (secondary N) is 1. The van der Waals surface area contributed by atoms with Crippen LogP contribution in [-0.2, 0) is 4.79 Å². The highest BCUT2D eigenvalue weighted by Crippen LogP contribution is 2.27. The molecular weight excluding hydrogens is 296 g/mol. The van der Waals surface area contributed by atoms with Gasteiger partial charge in [0.1, 0.15) is 0 Å². The van der Waals surface area contributed by atoms with E-state index in [9.17, 15) is 4.79 Å². The lowest BCUT2D eigenvalue weighted by Gasteiger charge is -2.26. The van der Waals surface area contributed by atoms with Crippen molar-refractivity contribution in [3.8, 4) is 0 Å². The lowest BCUT2D eigenvalue weighted by molar-refractivity contribution is -0.122. The molecule has 4 heteroatoms. The number of amides is 1. The van der Waals surface area contributed by atoms with Gasteiger partial charge in [0.15, 0.2) is 0 Å². The van der Waals surface area contributed by atoms with E-state index in [4.69, 9.17) is 5.73 Å². The van der Waals surface area contributed by atoms with Crippen LogP contribution in [0.5, 0.6) is 0 Å². The van der Waals surface area contributed by atoms with Crippen molar-refractivity contribution < 1.29 is 4.79 Å². The molecule has 118 valence electrons. The molecule has 3 N–H and O–H groups in total. The zero-order chi connectivity index (χ0) is 15.2. The Morgan fingerprint density at radius 2 is 1.32 bits per heavy atom. The predicted octanol–water partition coefficient (Wildman–Crippen LogP) is 3.09. The Hall–Kier alpha value is -1.84. The van der Waals surface area contributed by atoms with Gasteiger partial charge in [-0.3, -0.25) is 4.79 Å². The summed E-state index contributed by atoms with van der Waals surface area (Å²) in [5.41, 5.74) is 8.01. The van der Waals surface area contributed by atoms with Crippen LogP contribution in [0.2, 0.25) is 0 Å². The maximum absolute atomic E-state index is 11.9. The minimum absolute atomic E-state index is 0. The number of nitrogens with two attached hydrogens (primary N) is 1. The van der Waals surface area contributed by atoms with E-state index in [-0.39, 0.29) is 30.3 Å². The monoisotopic (exact) mass is 318 g/mol. The van der Waals surface area contributed by atoms with Crippen molar-refractivity contribution in [2.75, 3.05) is 0 Å². The van der Waals surface area contributed by atoms with Gasteiger partial charge in [-0.05, 0) is 25.0 Å². The van der Waals surface area contributed by atoms with E-state index in [1.807, 2.05) is 43.3 Å². The normalized spacial score (nSPS) is 13.1. The van der Waals surface area contributed by atoms with Crippen LogP contribution in [0.25, 0.3) is 0 Å². The van der Waals surface area contributed by atoms with Crippen molar-refractivity contribution in [2.24, 2.45) is 5.73 Å². The second-order valence-electron chi connectivity index (χ2n) is 5.38. The summed E-state index contributed by atoms with van der Waals surface area (Å²) in [6, 6.07) is 19.9. The van der Waals surface area contributed by atoms with Crippen molar-refractivity contribution in [3.63, 3.8) is 0 Å². The molecule has 0 bridgehead atoms. The number of carbonyl (C=O) groups is 1. The Balaban J connectivity index is 0.00000242. The smallest absolute Gasteiger partial charge is 0.236 e. The van der Waals surface area contributed by atoms with Gasteiger partial charge in [0.25, 0.3) is 0 Å². The molecule has 0 aromatic heterocycles. The van der Waals surface area contributed by atoms with E-state index in [2.05, 4.69) is 29.6 Å². The Bertz CT molecular complexity index is 533. The minimum atomic E-state index is -0.500. The van der Waals surface area contributed by atoms with Crippen LogP contribution < -0.4 is 11.1 Å². The van der Waals surface area contributed by atoms with E-state index >= 15 is 0 Å². The molecule has 0 aliphatic rings. The molecule has 1 unspecified atom stereocenters. The molecule has 3 nitrogen and oxygen atoms in total. The molecule has 0 radical (unpaired) electrons. The van der Waals surface area contributed by atoms with Crippen LogP contribution in [0.3, 0.4) is 0 Å². The third-order valence-corrected chi connectivity index (χ3v) is 3.60. The largest absolute Gasteiger partial charge is 0.351 e. The predicted molar refractivity (Wildman–Crippen MR) is 93.2 cm³/mol. The molecule has 0 spiro atoms. The van der Waals surface area contributed by atoms with E-state index in [0.717, 1.165) is 0 Å². The van der Waals surface area contributed by atoms with Gasteiger partial charge >= 0.3 is 0 Å². The average Bonchev–Trinajstić information content (AvgIpc) is 2.49. The van der Waals surface area contributed by atoms with Crippen LogP contribution in [-0.4, -0.2) is 18.0 Å². The maximum Gasteiger partial charge on any atom is 0.236 e. The average molecular weight is 319 g/mol. The fraction of sp³-hybridized carbons (Fsp3) is 0.278. The van der Waals surface area contributed by atoms with Crippen LogP contribution in [0, 0.1) is 0 Å². The van der Waals surface area contributed by atoms with Crippen LogP contribution >= 0.6 is 12.4 Å². The molecule has 0 fully saturated rings. The van der Waals surface area contributed by atoms with Crippen molar-refractivity contribution >= 4 is 18.3 Å². The maximum atomic E-state index is 11.9. The molecule has 0 aliphatic heterocycles. The molecule has 2 atom stereocenters. The molecule has 0 heterocycles. The quantitative estimate of drug-likeness (QED) is 0.890.